The molecule has 2 aromatic heterocycles. The van der Waals surface area contributed by atoms with Crippen LogP contribution in [0.1, 0.15) is 32.8 Å². The smallest absolute Gasteiger partial charge is 0.277 e. The van der Waals surface area contributed by atoms with Gasteiger partial charge in [0.1, 0.15) is 5.56 Å². The van der Waals surface area contributed by atoms with E-state index < -0.39 is 0 Å². The maximum absolute atomic E-state index is 13.0. The summed E-state index contributed by atoms with van der Waals surface area (Å²) in [4.78, 5) is 34.1. The number of hydrazine groups is 1. The van der Waals surface area contributed by atoms with Crippen LogP contribution in [0.15, 0.2) is 30.5 Å². The molecule has 1 fully saturated rings. The van der Waals surface area contributed by atoms with Crippen molar-refractivity contribution >= 4 is 11.8 Å². The van der Waals surface area contributed by atoms with E-state index in [0.29, 0.717) is 31.0 Å². The highest BCUT2D eigenvalue weighted by atomic mass is 16.5. The fraction of sp³-hybridized carbons (Fsp3) is 0.333. The molecule has 0 N–H and O–H groups in total. The van der Waals surface area contributed by atoms with Crippen molar-refractivity contribution in [2.45, 2.75) is 13.3 Å². The summed E-state index contributed by atoms with van der Waals surface area (Å²) in [5.41, 5.74) is 1.54. The lowest BCUT2D eigenvalue weighted by Crippen LogP contribution is -2.45. The van der Waals surface area contributed by atoms with Crippen molar-refractivity contribution in [2.24, 2.45) is 0 Å². The minimum atomic E-state index is -0.345. The molecule has 0 aromatic carbocycles. The molecular formula is C18H20N4O4. The number of methoxy groups -OCH3 is 2. The summed E-state index contributed by atoms with van der Waals surface area (Å²) in [5.74, 6) is -0.101. The van der Waals surface area contributed by atoms with Crippen molar-refractivity contribution in [1.82, 2.24) is 20.0 Å². The van der Waals surface area contributed by atoms with E-state index in [-0.39, 0.29) is 23.3 Å². The molecule has 1 saturated heterocycles. The van der Waals surface area contributed by atoms with Gasteiger partial charge < -0.3 is 9.47 Å². The van der Waals surface area contributed by atoms with E-state index >= 15 is 0 Å². The highest BCUT2D eigenvalue weighted by molar-refractivity contribution is 6.00. The molecule has 3 rings (SSSR count). The molecule has 2 amide bonds. The molecule has 0 aliphatic carbocycles. The Hall–Kier alpha value is -3.16. The van der Waals surface area contributed by atoms with Gasteiger partial charge in [0.15, 0.2) is 0 Å². The Labute approximate surface area is 151 Å². The monoisotopic (exact) mass is 356 g/mol. The second-order valence-electron chi connectivity index (χ2n) is 5.81. The van der Waals surface area contributed by atoms with Crippen LogP contribution >= 0.6 is 0 Å². The zero-order valence-electron chi connectivity index (χ0n) is 14.9. The number of nitrogens with zero attached hydrogens (tertiary/aromatic N) is 4. The number of ether oxygens (including phenoxy) is 2. The summed E-state index contributed by atoms with van der Waals surface area (Å²) in [7, 11) is 2.92. The molecule has 0 atom stereocenters. The topological polar surface area (TPSA) is 84.9 Å². The van der Waals surface area contributed by atoms with Gasteiger partial charge in [0.05, 0.1) is 19.8 Å². The van der Waals surface area contributed by atoms with E-state index in [0.717, 1.165) is 5.69 Å². The van der Waals surface area contributed by atoms with E-state index in [1.165, 1.54) is 30.4 Å². The zero-order chi connectivity index (χ0) is 18.7. The molecule has 1 aliphatic rings. The van der Waals surface area contributed by atoms with E-state index in [1.807, 2.05) is 6.92 Å². The lowest BCUT2D eigenvalue weighted by atomic mass is 10.2. The number of rotatable bonds is 4. The van der Waals surface area contributed by atoms with Crippen LogP contribution in [0.4, 0.5) is 0 Å². The van der Waals surface area contributed by atoms with Gasteiger partial charge in [-0.2, -0.15) is 4.98 Å². The first-order chi connectivity index (χ1) is 12.5. The Morgan fingerprint density at radius 2 is 1.73 bits per heavy atom. The van der Waals surface area contributed by atoms with Gasteiger partial charge in [0, 0.05) is 31.0 Å². The fourth-order valence-electron chi connectivity index (χ4n) is 2.77. The van der Waals surface area contributed by atoms with Crippen LogP contribution < -0.4 is 9.47 Å². The van der Waals surface area contributed by atoms with Crippen molar-refractivity contribution in [3.8, 4) is 11.8 Å². The molecule has 26 heavy (non-hydrogen) atoms. The molecule has 8 nitrogen and oxygen atoms in total. The van der Waals surface area contributed by atoms with Gasteiger partial charge in [-0.25, -0.2) is 10.0 Å². The number of amides is 2. The van der Waals surface area contributed by atoms with E-state index in [9.17, 15) is 9.59 Å². The minimum absolute atomic E-state index is 0.158. The summed E-state index contributed by atoms with van der Waals surface area (Å²) in [5, 5.41) is 2.87. The lowest BCUT2D eigenvalue weighted by Gasteiger charge is -2.28. The van der Waals surface area contributed by atoms with Crippen LogP contribution in [0, 0.1) is 6.92 Å². The number of aryl methyl sites for hydroxylation is 1. The van der Waals surface area contributed by atoms with Gasteiger partial charge in [0.25, 0.3) is 11.8 Å². The Balaban J connectivity index is 1.87. The average molecular weight is 356 g/mol. The molecule has 3 heterocycles. The van der Waals surface area contributed by atoms with E-state index in [4.69, 9.17) is 9.47 Å². The molecule has 0 bridgehead atoms. The molecule has 2 aromatic rings. The largest absolute Gasteiger partial charge is 0.481 e. The standard InChI is InChI=1S/C18H20N4O4/c1-12-5-6-13(11-19-12)17(23)21-9-4-10-22(21)18(24)14-7-8-15(25-2)20-16(14)26-3/h5-8,11H,4,9-10H2,1-3H3. The zero-order valence-corrected chi connectivity index (χ0v) is 14.9. The van der Waals surface area contributed by atoms with Gasteiger partial charge >= 0.3 is 0 Å². The number of hydrogen-bond acceptors (Lipinski definition) is 6. The van der Waals surface area contributed by atoms with Gasteiger partial charge in [-0.3, -0.25) is 14.6 Å². The first-order valence-corrected chi connectivity index (χ1v) is 8.20. The normalized spacial score (nSPS) is 13.7. The molecule has 0 spiro atoms. The maximum atomic E-state index is 13.0. The van der Waals surface area contributed by atoms with Gasteiger partial charge in [-0.15, -0.1) is 0 Å². The van der Waals surface area contributed by atoms with Crippen LogP contribution in [0.25, 0.3) is 0 Å². The molecule has 8 heteroatoms. The number of hydrogen-bond donors (Lipinski definition) is 0. The third-order valence-electron chi connectivity index (χ3n) is 4.13. The number of pyridine rings is 2. The van der Waals surface area contributed by atoms with Gasteiger partial charge in [-0.05, 0) is 31.5 Å². The number of carbonyl (C=O) groups is 2. The molecule has 0 saturated carbocycles. The highest BCUT2D eigenvalue weighted by Crippen LogP contribution is 2.24. The molecule has 1 aliphatic heterocycles. The van der Waals surface area contributed by atoms with Crippen molar-refractivity contribution in [3.63, 3.8) is 0 Å². The SMILES string of the molecule is COc1ccc(C(=O)N2CCCN2C(=O)c2ccc(C)nc2)c(OC)n1. The average Bonchev–Trinajstić information content (AvgIpc) is 3.16. The van der Waals surface area contributed by atoms with E-state index in [1.54, 1.807) is 24.3 Å². The summed E-state index contributed by atoms with van der Waals surface area (Å²) in [6.45, 7) is 2.76. The summed E-state index contributed by atoms with van der Waals surface area (Å²) in [6.07, 6.45) is 2.22. The Morgan fingerprint density at radius 3 is 2.35 bits per heavy atom. The van der Waals surface area contributed by atoms with Gasteiger partial charge in [0.2, 0.25) is 11.8 Å². The first kappa shape index (κ1) is 17.7. The number of carbonyl (C=O) groups excluding carboxylic acids is 2. The van der Waals surface area contributed by atoms with Crippen LogP contribution in [0.2, 0.25) is 0 Å². The minimum Gasteiger partial charge on any atom is -0.481 e. The second-order valence-corrected chi connectivity index (χ2v) is 5.81. The lowest BCUT2D eigenvalue weighted by molar-refractivity contribution is 0.0183. The predicted molar refractivity (Wildman–Crippen MR) is 93.0 cm³/mol. The Kier molecular flexibility index (Phi) is 5.01. The van der Waals surface area contributed by atoms with Crippen molar-refractivity contribution in [2.75, 3.05) is 27.3 Å². The van der Waals surface area contributed by atoms with Crippen LogP contribution in [0.3, 0.4) is 0 Å². The molecule has 0 unspecified atom stereocenters. The summed E-state index contributed by atoms with van der Waals surface area (Å²) in [6, 6.07) is 6.65. The number of aromatic nitrogens is 2. The third-order valence-corrected chi connectivity index (χ3v) is 4.13. The van der Waals surface area contributed by atoms with Crippen molar-refractivity contribution in [3.05, 3.63) is 47.3 Å². The van der Waals surface area contributed by atoms with Gasteiger partial charge in [-0.1, -0.05) is 0 Å². The van der Waals surface area contributed by atoms with Crippen molar-refractivity contribution < 1.29 is 19.1 Å². The van der Waals surface area contributed by atoms with Crippen LogP contribution in [-0.2, 0) is 0 Å². The first-order valence-electron chi connectivity index (χ1n) is 8.20. The Morgan fingerprint density at radius 1 is 1.00 bits per heavy atom. The molecule has 136 valence electrons. The quantitative estimate of drug-likeness (QED) is 0.829. The predicted octanol–water partition coefficient (Wildman–Crippen LogP) is 1.71. The molecular weight excluding hydrogens is 336 g/mol. The highest BCUT2D eigenvalue weighted by Gasteiger charge is 2.33. The maximum Gasteiger partial charge on any atom is 0.277 e. The van der Waals surface area contributed by atoms with Crippen LogP contribution in [-0.4, -0.2) is 59.1 Å². The van der Waals surface area contributed by atoms with Crippen LogP contribution in [0.5, 0.6) is 11.8 Å². The van der Waals surface area contributed by atoms with Crippen molar-refractivity contribution in [1.29, 1.82) is 0 Å². The Bertz CT molecular complexity index is 822. The summed E-state index contributed by atoms with van der Waals surface area (Å²) >= 11 is 0. The third kappa shape index (κ3) is 3.30. The fourth-order valence-corrected chi connectivity index (χ4v) is 2.77. The second kappa shape index (κ2) is 7.38. The summed E-state index contributed by atoms with van der Waals surface area (Å²) < 4.78 is 10.3. The van der Waals surface area contributed by atoms with E-state index in [2.05, 4.69) is 9.97 Å². The molecule has 0 radical (unpaired) electrons.